The van der Waals surface area contributed by atoms with Crippen molar-refractivity contribution in [3.63, 3.8) is 0 Å². The Morgan fingerprint density at radius 3 is 2.38 bits per heavy atom. The highest BCUT2D eigenvalue weighted by Gasteiger charge is 2.17. The zero-order valence-electron chi connectivity index (χ0n) is 13.5. The van der Waals surface area contributed by atoms with Crippen LogP contribution in [0.25, 0.3) is 27.8 Å². The first-order chi connectivity index (χ1) is 12.6. The average Bonchev–Trinajstić information content (AvgIpc) is 3.07. The number of hydrogen-bond acceptors (Lipinski definition) is 4. The number of hydrogen-bond donors (Lipinski definition) is 3. The summed E-state index contributed by atoms with van der Waals surface area (Å²) in [4.78, 5) is 16.1. The van der Waals surface area contributed by atoms with Gasteiger partial charge < -0.3 is 14.7 Å². The van der Waals surface area contributed by atoms with Gasteiger partial charge in [-0.25, -0.2) is 0 Å². The molecule has 0 unspecified atom stereocenters. The lowest BCUT2D eigenvalue weighted by molar-refractivity contribution is 0.480. The highest BCUT2D eigenvalue weighted by molar-refractivity contribution is 7.80. The molecular formula is C20H13N3O2S. The van der Waals surface area contributed by atoms with E-state index in [4.69, 9.17) is 5.26 Å². The summed E-state index contributed by atoms with van der Waals surface area (Å²) >= 11 is 4.29. The molecule has 0 amide bonds. The number of pyridine rings is 1. The monoisotopic (exact) mass is 359 g/mol. The van der Waals surface area contributed by atoms with Gasteiger partial charge in [-0.05, 0) is 48.0 Å². The van der Waals surface area contributed by atoms with Crippen molar-refractivity contribution < 1.29 is 5.11 Å². The number of aromatic hydroxyl groups is 1. The van der Waals surface area contributed by atoms with E-state index in [-0.39, 0.29) is 16.9 Å². The van der Waals surface area contributed by atoms with E-state index in [0.29, 0.717) is 22.2 Å². The summed E-state index contributed by atoms with van der Waals surface area (Å²) in [6.45, 7) is 0. The Kier molecular flexibility index (Phi) is 3.79. The summed E-state index contributed by atoms with van der Waals surface area (Å²) < 4.78 is 1.81. The molecule has 26 heavy (non-hydrogen) atoms. The van der Waals surface area contributed by atoms with E-state index in [1.807, 2.05) is 30.3 Å². The first-order valence-corrected chi connectivity index (χ1v) is 8.29. The van der Waals surface area contributed by atoms with E-state index < -0.39 is 0 Å². The van der Waals surface area contributed by atoms with Crippen molar-refractivity contribution in [3.8, 4) is 28.6 Å². The van der Waals surface area contributed by atoms with Crippen molar-refractivity contribution in [3.05, 3.63) is 76.7 Å². The van der Waals surface area contributed by atoms with Gasteiger partial charge in [0.15, 0.2) is 5.75 Å². The van der Waals surface area contributed by atoms with Crippen molar-refractivity contribution in [1.82, 2.24) is 9.55 Å². The number of nitrogens with zero attached hydrogens (tertiary/aromatic N) is 2. The molecule has 0 saturated heterocycles. The minimum Gasteiger partial charge on any atom is -0.505 e. The molecule has 0 spiro atoms. The van der Waals surface area contributed by atoms with Crippen LogP contribution in [0.2, 0.25) is 0 Å². The van der Waals surface area contributed by atoms with E-state index in [1.165, 1.54) is 0 Å². The topological polar surface area (TPSA) is 81.8 Å². The SMILES string of the molecule is N#Cc1ccc(-c2c(O)c3c(ccn3-c3ccc(S)cc3)[nH]c2=O)cc1. The summed E-state index contributed by atoms with van der Waals surface area (Å²) in [5.74, 6) is -0.103. The van der Waals surface area contributed by atoms with E-state index in [1.54, 1.807) is 41.1 Å². The second-order valence-corrected chi connectivity index (χ2v) is 6.35. The van der Waals surface area contributed by atoms with Gasteiger partial charge in [0.25, 0.3) is 5.56 Å². The summed E-state index contributed by atoms with van der Waals surface area (Å²) in [6, 6.07) is 17.8. The van der Waals surface area contributed by atoms with Crippen LogP contribution < -0.4 is 5.56 Å². The van der Waals surface area contributed by atoms with E-state index in [0.717, 1.165) is 10.6 Å². The molecule has 0 atom stereocenters. The zero-order chi connectivity index (χ0) is 18.3. The molecule has 6 heteroatoms. The summed E-state index contributed by atoms with van der Waals surface area (Å²) in [5.41, 5.74) is 2.71. The maximum Gasteiger partial charge on any atom is 0.260 e. The Balaban J connectivity index is 1.97. The van der Waals surface area contributed by atoms with Crippen LogP contribution in [0.5, 0.6) is 5.75 Å². The van der Waals surface area contributed by atoms with Gasteiger partial charge in [0.2, 0.25) is 0 Å². The fourth-order valence-corrected chi connectivity index (χ4v) is 3.14. The van der Waals surface area contributed by atoms with Gasteiger partial charge in [-0.3, -0.25) is 4.79 Å². The number of nitrogens with one attached hydrogen (secondary N) is 1. The Bertz CT molecular complexity index is 1210. The summed E-state index contributed by atoms with van der Waals surface area (Å²) in [5, 5.41) is 19.8. The highest BCUT2D eigenvalue weighted by atomic mass is 32.1. The number of aromatic amines is 1. The van der Waals surface area contributed by atoms with Crippen molar-refractivity contribution in [2.45, 2.75) is 4.90 Å². The molecule has 0 fully saturated rings. The van der Waals surface area contributed by atoms with Crippen LogP contribution in [-0.4, -0.2) is 14.7 Å². The molecule has 2 aromatic carbocycles. The number of thiol groups is 1. The number of aromatic nitrogens is 2. The number of H-pyrrole nitrogens is 1. The third-order valence-electron chi connectivity index (χ3n) is 4.25. The van der Waals surface area contributed by atoms with Crippen LogP contribution in [0.1, 0.15) is 5.56 Å². The lowest BCUT2D eigenvalue weighted by Crippen LogP contribution is -2.09. The Morgan fingerprint density at radius 2 is 1.73 bits per heavy atom. The van der Waals surface area contributed by atoms with E-state index in [2.05, 4.69) is 17.6 Å². The van der Waals surface area contributed by atoms with Crippen molar-refractivity contribution in [1.29, 1.82) is 5.26 Å². The molecule has 4 rings (SSSR count). The van der Waals surface area contributed by atoms with Gasteiger partial charge in [0.05, 0.1) is 22.7 Å². The van der Waals surface area contributed by atoms with Crippen LogP contribution in [0.4, 0.5) is 0 Å². The molecule has 2 N–H and O–H groups in total. The summed E-state index contributed by atoms with van der Waals surface area (Å²) in [6.07, 6.45) is 1.79. The molecule has 0 bridgehead atoms. The highest BCUT2D eigenvalue weighted by Crippen LogP contribution is 2.34. The third-order valence-corrected chi connectivity index (χ3v) is 4.55. The second kappa shape index (κ2) is 6.14. The first kappa shape index (κ1) is 16.1. The first-order valence-electron chi connectivity index (χ1n) is 7.85. The molecular weight excluding hydrogens is 346 g/mol. The molecule has 0 saturated carbocycles. The van der Waals surface area contributed by atoms with Crippen LogP contribution in [0.15, 0.2) is 70.5 Å². The zero-order valence-corrected chi connectivity index (χ0v) is 14.4. The van der Waals surface area contributed by atoms with Crippen molar-refractivity contribution in [2.24, 2.45) is 0 Å². The third kappa shape index (κ3) is 2.55. The molecule has 126 valence electrons. The maximum atomic E-state index is 12.5. The molecule has 2 heterocycles. The molecule has 5 nitrogen and oxygen atoms in total. The summed E-state index contributed by atoms with van der Waals surface area (Å²) in [7, 11) is 0. The second-order valence-electron chi connectivity index (χ2n) is 5.83. The number of fused-ring (bicyclic) bond motifs is 1. The van der Waals surface area contributed by atoms with Crippen LogP contribution in [-0.2, 0) is 0 Å². The van der Waals surface area contributed by atoms with Gasteiger partial charge in [-0.2, -0.15) is 5.26 Å². The fraction of sp³-hybridized carbons (Fsp3) is 0. The van der Waals surface area contributed by atoms with Gasteiger partial charge in [0, 0.05) is 16.8 Å². The quantitative estimate of drug-likeness (QED) is 0.476. The van der Waals surface area contributed by atoms with Gasteiger partial charge in [0.1, 0.15) is 5.52 Å². The smallest absolute Gasteiger partial charge is 0.260 e. The lowest BCUT2D eigenvalue weighted by Gasteiger charge is -2.10. The molecule has 2 aromatic heterocycles. The number of rotatable bonds is 2. The lowest BCUT2D eigenvalue weighted by atomic mass is 10.0. The van der Waals surface area contributed by atoms with Crippen LogP contribution >= 0.6 is 12.6 Å². The van der Waals surface area contributed by atoms with E-state index >= 15 is 0 Å². The number of benzene rings is 2. The van der Waals surface area contributed by atoms with Crippen molar-refractivity contribution >= 4 is 23.7 Å². The minimum atomic E-state index is -0.386. The van der Waals surface area contributed by atoms with E-state index in [9.17, 15) is 9.90 Å². The average molecular weight is 359 g/mol. The van der Waals surface area contributed by atoms with Crippen molar-refractivity contribution in [2.75, 3.05) is 0 Å². The predicted molar refractivity (Wildman–Crippen MR) is 103 cm³/mol. The number of nitriles is 1. The normalized spacial score (nSPS) is 10.8. The van der Waals surface area contributed by atoms with Gasteiger partial charge >= 0.3 is 0 Å². The maximum absolute atomic E-state index is 12.5. The van der Waals surface area contributed by atoms with Crippen LogP contribution in [0.3, 0.4) is 0 Å². The van der Waals surface area contributed by atoms with Crippen LogP contribution in [0, 0.1) is 11.3 Å². The Morgan fingerprint density at radius 1 is 1.04 bits per heavy atom. The molecule has 0 aliphatic rings. The van der Waals surface area contributed by atoms with Gasteiger partial charge in [-0.1, -0.05) is 12.1 Å². The Labute approximate surface area is 154 Å². The Hall–Kier alpha value is -3.43. The molecule has 4 aromatic rings. The predicted octanol–water partition coefficient (Wildman–Crippen LogP) is 3.85. The molecule has 0 radical (unpaired) electrons. The van der Waals surface area contributed by atoms with Gasteiger partial charge in [-0.15, -0.1) is 12.6 Å². The fourth-order valence-electron chi connectivity index (χ4n) is 2.99. The largest absolute Gasteiger partial charge is 0.505 e. The molecule has 0 aliphatic carbocycles. The minimum absolute atomic E-state index is 0.103. The standard InChI is InChI=1S/C20H13N3O2S/c21-11-12-1-3-13(4-2-12)17-19(24)18-16(22-20(17)25)9-10-23(18)14-5-7-15(26)8-6-14/h1-10,26H,(H2,22,24,25). The molecule has 0 aliphatic heterocycles.